The van der Waals surface area contributed by atoms with Crippen LogP contribution in [0.3, 0.4) is 0 Å². The van der Waals surface area contributed by atoms with E-state index < -0.39 is 185 Å². The number of halogens is 3. The molecule has 121 heavy (non-hydrogen) atoms. The summed E-state index contributed by atoms with van der Waals surface area (Å²) in [5.41, 5.74) is -0.284. The van der Waals surface area contributed by atoms with Gasteiger partial charge in [0.1, 0.15) is 67.1 Å². The molecule has 0 aromatic heterocycles. The van der Waals surface area contributed by atoms with Gasteiger partial charge in [0.05, 0.1) is 93.8 Å². The van der Waals surface area contributed by atoms with Crippen LogP contribution < -0.4 is 5.32 Å². The summed E-state index contributed by atoms with van der Waals surface area (Å²) in [6.07, 6.45) is -26.9. The maximum atomic E-state index is 15.5. The van der Waals surface area contributed by atoms with Gasteiger partial charge in [0.2, 0.25) is 0 Å². The Hall–Kier alpha value is -7.32. The second kappa shape index (κ2) is 44.5. The molecule has 0 bridgehead atoms. The van der Waals surface area contributed by atoms with Gasteiger partial charge in [0.25, 0.3) is 9.70 Å². The fraction of sp³-hybridized carbons (Fsp3) is 0.538. The third-order valence-corrected chi connectivity index (χ3v) is 20.8. The highest BCUT2D eigenvalue weighted by Crippen LogP contribution is 2.42. The minimum absolute atomic E-state index is 0.0202. The van der Waals surface area contributed by atoms with Crippen molar-refractivity contribution < 1.29 is 114 Å². The van der Waals surface area contributed by atoms with Gasteiger partial charge in [0.15, 0.2) is 49.6 Å². The lowest BCUT2D eigenvalue weighted by Gasteiger charge is -2.52. The predicted molar refractivity (Wildman–Crippen MR) is 449 cm³/mol. The van der Waals surface area contributed by atoms with Crippen LogP contribution in [0.25, 0.3) is 0 Å². The molecule has 4 fully saturated rings. The summed E-state index contributed by atoms with van der Waals surface area (Å²) in [5, 5.41) is 16.3. The normalized spacial score (nSPS) is 27.3. The number of allylic oxidation sites excluding steroid dienone is 1. The Morgan fingerprint density at radius 3 is 1.12 bits per heavy atom. The van der Waals surface area contributed by atoms with Crippen LogP contribution in [-0.4, -0.2) is 188 Å². The number of alkyl halides is 3. The molecule has 0 radical (unpaired) electrons. The highest BCUT2D eigenvalue weighted by Gasteiger charge is 2.61. The fourth-order valence-electron chi connectivity index (χ4n) is 13.5. The quantitative estimate of drug-likeness (QED) is 0.0120. The number of nitrogens with one attached hydrogen (secondary N) is 1. The number of unbranched alkanes of at least 4 members (excludes halogenated alkanes) is 1. The third kappa shape index (κ3) is 28.1. The number of amides is 1. The number of aliphatic hydroxyl groups excluding tert-OH is 1. The molecule has 0 aliphatic carbocycles. The Labute approximate surface area is 725 Å². The summed E-state index contributed by atoms with van der Waals surface area (Å²) in [7, 11) is 0. The standard InChI is InChI=1S/C93H118Cl3NO24/c1-15-16-35-48-107-81-78(120-87(102)91(9,10)11)74(109-53-63-44-31-21-32-45-63)72(67(113-81)57-106-51-61-40-27-19-28-41-61)115-83-79(121-88(103)92(12,13)14)76(71(108-52-62-42-29-20-30-43-62)66(114-83)56-105-50-60-38-25-18-26-39-60)117-80-68(97-84(99)93(94,95)96)73(69(98)65(112-80)55-104-49-59-36-23-17-24-37-59)116-82-77(110-54-64-46-33-22-34-47-64)75(119-86(101)90(6,7)8)70(58(2)111-82)118-85(100)89(3,4)5/h15,17-34,36-47,58,65-83,98H,1,16,35,48-57H2,2-14H3,(H,97,99)/t58-,65+,66+,67+,68+,69+,70+,71-,72+,73+,74-,75+,76-,77-,78+,79+,80-,81+,82-,83-/m0/s1. The average Bonchev–Trinajstić information content (AvgIpc) is 0.881. The van der Waals surface area contributed by atoms with Crippen molar-refractivity contribution in [3.8, 4) is 0 Å². The lowest BCUT2D eigenvalue weighted by Crippen LogP contribution is -2.71. The van der Waals surface area contributed by atoms with Crippen molar-refractivity contribution in [1.82, 2.24) is 5.32 Å². The SMILES string of the molecule is C=CCCCO[C@@H]1O[C@H](COCc2ccccc2)[C@@H](O[C@@H]2O[C@H](COCc3ccccc3)[C@H](OCc3ccccc3)[C@H](O[C@@H]3O[C@H](COCc4ccccc4)[C@@H](O)[C@H](O[C@@H]4O[C@@H](C)[C@@H](OC(=O)C(C)(C)C)[C@@H](OC(=O)C(C)(C)C)[C@@H]4OCc4ccccc4)[C@H]3NC(=O)C(Cl)(Cl)Cl)[C@H]2OC(=O)C(C)(C)C)[C@H](OCc2ccccc2)[C@H]1OC(=O)C(C)(C)C. The van der Waals surface area contributed by atoms with E-state index in [0.717, 1.165) is 22.3 Å². The zero-order chi connectivity index (χ0) is 87.2. The van der Waals surface area contributed by atoms with Crippen molar-refractivity contribution in [2.24, 2.45) is 21.7 Å². The molecule has 1 amide bonds. The van der Waals surface area contributed by atoms with Crippen LogP contribution in [0.2, 0.25) is 0 Å². The van der Waals surface area contributed by atoms with Crippen molar-refractivity contribution in [3.63, 3.8) is 0 Å². The van der Waals surface area contributed by atoms with Crippen LogP contribution in [0.1, 0.15) is 136 Å². The number of ether oxygens (including phenoxy) is 18. The van der Waals surface area contributed by atoms with Gasteiger partial charge in [-0.05, 0) is 136 Å². The molecule has 20 atom stereocenters. The highest BCUT2D eigenvalue weighted by molar-refractivity contribution is 6.76. The van der Waals surface area contributed by atoms with Gasteiger partial charge in [-0.2, -0.15) is 0 Å². The van der Waals surface area contributed by atoms with E-state index >= 15 is 9.59 Å². The Balaban J connectivity index is 1.19. The van der Waals surface area contributed by atoms with E-state index in [1.807, 2.05) is 158 Å². The lowest BCUT2D eigenvalue weighted by molar-refractivity contribution is -0.388. The summed E-state index contributed by atoms with van der Waals surface area (Å²) < 4.78 is 122. The Morgan fingerprint density at radius 2 is 0.711 bits per heavy atom. The molecular weight excluding hydrogens is 1620 g/mol. The molecule has 0 spiro atoms. The van der Waals surface area contributed by atoms with E-state index in [0.29, 0.717) is 24.0 Å². The molecule has 0 unspecified atom stereocenters. The van der Waals surface area contributed by atoms with Crippen molar-refractivity contribution >= 4 is 64.6 Å². The van der Waals surface area contributed by atoms with Gasteiger partial charge in [0, 0.05) is 0 Å². The van der Waals surface area contributed by atoms with Gasteiger partial charge in [-0.3, -0.25) is 24.0 Å². The Morgan fingerprint density at radius 1 is 0.380 bits per heavy atom. The molecule has 4 saturated heterocycles. The van der Waals surface area contributed by atoms with Crippen LogP contribution >= 0.6 is 34.8 Å². The first-order chi connectivity index (χ1) is 57.5. The number of hydrogen-bond donors (Lipinski definition) is 2. The van der Waals surface area contributed by atoms with Gasteiger partial charge in [-0.25, -0.2) is 0 Å². The van der Waals surface area contributed by atoms with Crippen LogP contribution in [0.15, 0.2) is 195 Å². The topological polar surface area (TPSA) is 284 Å². The summed E-state index contributed by atoms with van der Waals surface area (Å²) in [6, 6.07) is 53.7. The molecule has 6 aromatic rings. The first-order valence-corrected chi connectivity index (χ1v) is 42.2. The smallest absolute Gasteiger partial charge is 0.311 e. The van der Waals surface area contributed by atoms with E-state index in [4.69, 9.17) is 120 Å². The summed E-state index contributed by atoms with van der Waals surface area (Å²) in [4.78, 5) is 74.0. The molecule has 4 aliphatic heterocycles. The first-order valence-electron chi connectivity index (χ1n) is 41.1. The number of hydrogen-bond acceptors (Lipinski definition) is 24. The van der Waals surface area contributed by atoms with Crippen molar-refractivity contribution in [2.75, 3.05) is 26.4 Å². The Kier molecular flexibility index (Phi) is 35.3. The van der Waals surface area contributed by atoms with Gasteiger partial charge in [-0.1, -0.05) is 223 Å². The van der Waals surface area contributed by atoms with E-state index in [2.05, 4.69) is 11.9 Å². The van der Waals surface area contributed by atoms with Gasteiger partial charge >= 0.3 is 23.9 Å². The van der Waals surface area contributed by atoms with Gasteiger partial charge in [-0.15, -0.1) is 6.58 Å². The minimum atomic E-state index is -2.77. The second-order valence-corrected chi connectivity index (χ2v) is 37.0. The molecule has 28 heteroatoms. The van der Waals surface area contributed by atoms with Crippen LogP contribution in [0.4, 0.5) is 0 Å². The summed E-state index contributed by atoms with van der Waals surface area (Å²) >= 11 is 19.8. The van der Waals surface area contributed by atoms with E-state index in [1.165, 1.54) is 0 Å². The third-order valence-electron chi connectivity index (χ3n) is 20.3. The van der Waals surface area contributed by atoms with E-state index in [9.17, 15) is 19.5 Å². The number of rotatable bonds is 37. The number of benzene rings is 6. The molecule has 6 aromatic carbocycles. The number of carbonyl (C=O) groups excluding carboxylic acids is 5. The van der Waals surface area contributed by atoms with Crippen molar-refractivity contribution in [3.05, 3.63) is 228 Å². The highest BCUT2D eigenvalue weighted by atomic mass is 35.6. The van der Waals surface area contributed by atoms with Crippen LogP contribution in [0.5, 0.6) is 0 Å². The van der Waals surface area contributed by atoms with Crippen LogP contribution in [0, 0.1) is 21.7 Å². The zero-order valence-corrected chi connectivity index (χ0v) is 73.4. The molecule has 25 nitrogen and oxygen atoms in total. The van der Waals surface area contributed by atoms with E-state index in [-0.39, 0.29) is 59.5 Å². The van der Waals surface area contributed by atoms with E-state index in [1.54, 1.807) is 120 Å². The fourth-order valence-corrected chi connectivity index (χ4v) is 13.7. The minimum Gasteiger partial charge on any atom is -0.455 e. The number of esters is 4. The summed E-state index contributed by atoms with van der Waals surface area (Å²) in [6.45, 7) is 24.3. The molecule has 660 valence electrons. The number of carbonyl (C=O) groups is 5. The maximum absolute atomic E-state index is 15.5. The zero-order valence-electron chi connectivity index (χ0n) is 71.1. The second-order valence-electron chi connectivity index (χ2n) is 34.7. The maximum Gasteiger partial charge on any atom is 0.311 e. The molecule has 10 rings (SSSR count). The molecule has 4 aliphatic rings. The largest absolute Gasteiger partial charge is 0.455 e. The Bertz CT molecular complexity index is 4170. The lowest BCUT2D eigenvalue weighted by atomic mass is 9.92. The van der Waals surface area contributed by atoms with Crippen molar-refractivity contribution in [1.29, 1.82) is 0 Å². The monoisotopic (exact) mass is 1740 g/mol. The van der Waals surface area contributed by atoms with Gasteiger partial charge < -0.3 is 95.7 Å². The molecule has 4 heterocycles. The summed E-state index contributed by atoms with van der Waals surface area (Å²) in [5.74, 6) is -4.13. The van der Waals surface area contributed by atoms with Crippen molar-refractivity contribution in [2.45, 2.75) is 269 Å². The number of aliphatic hydroxyl groups is 1. The molecule has 0 saturated carbocycles. The predicted octanol–water partition coefficient (Wildman–Crippen LogP) is 14.5. The molecule has 2 N–H and O–H groups in total. The average molecular weight is 1740 g/mol. The molecular formula is C93H118Cl3NO24. The first kappa shape index (κ1) is 95.9. The van der Waals surface area contributed by atoms with Crippen LogP contribution in [-0.2, 0) is 149 Å².